The molecule has 5 aromatic rings. The Morgan fingerprint density at radius 3 is 1.17 bits per heavy atom. The van der Waals surface area contributed by atoms with Crippen molar-refractivity contribution >= 4 is 47.6 Å². The SMILES string of the molecule is NC(=Nc1ccccc1)N(OP(=O)(ON(C(N)=Nc1ccccc1)c1ccccc1)c1ccccc1)c1ccccc1. The van der Waals surface area contributed by atoms with Crippen LogP contribution >= 0.6 is 7.60 Å². The summed E-state index contributed by atoms with van der Waals surface area (Å²) in [6, 6.07) is 44.7. The van der Waals surface area contributed by atoms with Gasteiger partial charge in [-0.25, -0.2) is 9.98 Å². The lowest BCUT2D eigenvalue weighted by Crippen LogP contribution is -2.41. The summed E-state index contributed by atoms with van der Waals surface area (Å²) in [7, 11) is -4.30. The molecular formula is C32H29N6O3P. The fourth-order valence-electron chi connectivity index (χ4n) is 3.86. The van der Waals surface area contributed by atoms with Gasteiger partial charge in [0.25, 0.3) is 0 Å². The number of nitrogens with two attached hydrogens (primary N) is 2. The van der Waals surface area contributed by atoms with Gasteiger partial charge in [-0.2, -0.15) is 19.4 Å². The number of para-hydroxylation sites is 4. The molecule has 0 amide bonds. The van der Waals surface area contributed by atoms with Gasteiger partial charge >= 0.3 is 7.60 Å². The van der Waals surface area contributed by atoms with Gasteiger partial charge in [0.1, 0.15) is 0 Å². The smallest absolute Gasteiger partial charge is 0.367 e. The molecule has 0 bridgehead atoms. The highest BCUT2D eigenvalue weighted by atomic mass is 31.2. The molecule has 0 unspecified atom stereocenters. The molecule has 42 heavy (non-hydrogen) atoms. The van der Waals surface area contributed by atoms with Crippen molar-refractivity contribution < 1.29 is 13.8 Å². The molecule has 9 nitrogen and oxygen atoms in total. The summed E-state index contributed by atoms with van der Waals surface area (Å²) in [5.41, 5.74) is 15.1. The third-order valence-corrected chi connectivity index (χ3v) is 7.54. The number of benzene rings is 5. The van der Waals surface area contributed by atoms with Gasteiger partial charge in [-0.3, -0.25) is 4.57 Å². The third kappa shape index (κ3) is 7.10. The summed E-state index contributed by atoms with van der Waals surface area (Å²) in [5.74, 6) is -0.131. The zero-order valence-corrected chi connectivity index (χ0v) is 23.4. The van der Waals surface area contributed by atoms with Crippen molar-refractivity contribution in [1.29, 1.82) is 0 Å². The van der Waals surface area contributed by atoms with Gasteiger partial charge in [-0.05, 0) is 60.7 Å². The average molecular weight is 577 g/mol. The summed E-state index contributed by atoms with van der Waals surface area (Å²) in [5, 5.41) is 2.63. The number of rotatable bonds is 9. The molecule has 0 saturated heterocycles. The second kappa shape index (κ2) is 13.4. The van der Waals surface area contributed by atoms with E-state index in [0.717, 1.165) is 0 Å². The molecule has 0 atom stereocenters. The number of nitrogens with zero attached hydrogens (tertiary/aromatic N) is 4. The van der Waals surface area contributed by atoms with Crippen LogP contribution in [0.15, 0.2) is 162 Å². The Hall–Kier alpha value is -5.21. The number of aliphatic imine (C=N–C) groups is 2. The Balaban J connectivity index is 1.60. The molecular weight excluding hydrogens is 547 g/mol. The van der Waals surface area contributed by atoms with Crippen LogP contribution in [0.25, 0.3) is 0 Å². The summed E-state index contributed by atoms with van der Waals surface area (Å²) in [6.07, 6.45) is 0. The lowest BCUT2D eigenvalue weighted by molar-refractivity contribution is 0.223. The average Bonchev–Trinajstić information content (AvgIpc) is 3.04. The topological polar surface area (TPSA) is 119 Å². The van der Waals surface area contributed by atoms with Gasteiger partial charge in [0, 0.05) is 0 Å². The normalized spacial score (nSPS) is 13.2. The number of hydrogen-bond acceptors (Lipinski definition) is 5. The molecule has 5 aromatic carbocycles. The fraction of sp³-hybridized carbons (Fsp3) is 0. The highest BCUT2D eigenvalue weighted by Gasteiger charge is 2.37. The molecule has 210 valence electrons. The Labute approximate surface area is 244 Å². The summed E-state index contributed by atoms with van der Waals surface area (Å²) < 4.78 is 27.5. The molecule has 0 aliphatic heterocycles. The molecule has 0 heterocycles. The van der Waals surface area contributed by atoms with Crippen molar-refractivity contribution in [2.75, 3.05) is 10.1 Å². The van der Waals surface area contributed by atoms with Crippen molar-refractivity contribution in [1.82, 2.24) is 0 Å². The van der Waals surface area contributed by atoms with Crippen LogP contribution in [-0.4, -0.2) is 11.9 Å². The van der Waals surface area contributed by atoms with E-state index in [-0.39, 0.29) is 17.2 Å². The van der Waals surface area contributed by atoms with Gasteiger partial charge in [0.15, 0.2) is 0 Å². The minimum atomic E-state index is -4.30. The first kappa shape index (κ1) is 28.3. The molecule has 0 radical (unpaired) electrons. The van der Waals surface area contributed by atoms with Crippen molar-refractivity contribution in [2.24, 2.45) is 21.5 Å². The van der Waals surface area contributed by atoms with Gasteiger partial charge in [-0.15, -0.1) is 0 Å². The monoisotopic (exact) mass is 576 g/mol. The molecule has 5 rings (SSSR count). The Morgan fingerprint density at radius 1 is 0.500 bits per heavy atom. The zero-order valence-electron chi connectivity index (χ0n) is 22.5. The van der Waals surface area contributed by atoms with Crippen LogP contribution in [0.4, 0.5) is 22.7 Å². The number of hydroxylamine groups is 2. The first-order chi connectivity index (χ1) is 20.5. The first-order valence-corrected chi connectivity index (χ1v) is 14.6. The predicted octanol–water partition coefficient (Wildman–Crippen LogP) is 6.67. The zero-order chi connectivity index (χ0) is 29.2. The first-order valence-electron chi connectivity index (χ1n) is 13.1. The van der Waals surface area contributed by atoms with E-state index in [1.54, 1.807) is 103 Å². The summed E-state index contributed by atoms with van der Waals surface area (Å²) in [4.78, 5) is 9.00. The van der Waals surface area contributed by atoms with Crippen molar-refractivity contribution in [3.8, 4) is 0 Å². The van der Waals surface area contributed by atoms with Crippen molar-refractivity contribution in [3.05, 3.63) is 152 Å². The Bertz CT molecular complexity index is 1570. The molecule has 0 saturated carbocycles. The molecule has 0 fully saturated rings. The highest BCUT2D eigenvalue weighted by Crippen LogP contribution is 2.50. The van der Waals surface area contributed by atoms with E-state index in [9.17, 15) is 4.57 Å². The molecule has 4 N–H and O–H groups in total. The molecule has 0 aliphatic rings. The standard InChI is InChI=1S/C32H29N6O3P/c33-31(35-26-16-6-1-7-17-26)37(28-20-10-3-11-21-28)40-42(39,30-24-14-5-15-25-30)41-38(29-22-12-4-13-23-29)32(34)36-27-18-8-2-9-19-27/h1-25H,(H2,33,35)(H2,34,36). The van der Waals surface area contributed by atoms with Crippen LogP contribution in [0.1, 0.15) is 0 Å². The van der Waals surface area contributed by atoms with E-state index < -0.39 is 7.60 Å². The molecule has 0 spiro atoms. The van der Waals surface area contributed by atoms with Crippen LogP contribution < -0.4 is 26.9 Å². The molecule has 0 aliphatic carbocycles. The van der Waals surface area contributed by atoms with Gasteiger partial charge in [-0.1, -0.05) is 91.0 Å². The minimum Gasteiger partial charge on any atom is -0.367 e. The van der Waals surface area contributed by atoms with Crippen LogP contribution in [-0.2, 0) is 13.8 Å². The van der Waals surface area contributed by atoms with E-state index in [4.69, 9.17) is 20.7 Å². The maximum absolute atomic E-state index is 14.9. The predicted molar refractivity (Wildman–Crippen MR) is 169 cm³/mol. The van der Waals surface area contributed by atoms with Gasteiger partial charge in [0.2, 0.25) is 11.9 Å². The van der Waals surface area contributed by atoms with E-state index in [2.05, 4.69) is 9.98 Å². The molecule has 10 heteroatoms. The van der Waals surface area contributed by atoms with E-state index in [0.29, 0.717) is 22.7 Å². The summed E-state index contributed by atoms with van der Waals surface area (Å²) in [6.45, 7) is 0. The van der Waals surface area contributed by atoms with E-state index in [1.165, 1.54) is 10.1 Å². The summed E-state index contributed by atoms with van der Waals surface area (Å²) >= 11 is 0. The van der Waals surface area contributed by atoms with Crippen LogP contribution in [0.3, 0.4) is 0 Å². The molecule has 0 aromatic heterocycles. The van der Waals surface area contributed by atoms with E-state index >= 15 is 0 Å². The number of anilines is 2. The number of guanidine groups is 2. The largest absolute Gasteiger partial charge is 0.404 e. The Kier molecular flexibility index (Phi) is 9.06. The Morgan fingerprint density at radius 2 is 0.810 bits per heavy atom. The fourth-order valence-corrected chi connectivity index (χ4v) is 5.41. The lowest BCUT2D eigenvalue weighted by atomic mass is 10.3. The second-order valence-electron chi connectivity index (χ2n) is 8.87. The third-order valence-electron chi connectivity index (χ3n) is 5.85. The number of hydrogen-bond donors (Lipinski definition) is 2. The van der Waals surface area contributed by atoms with Gasteiger partial charge < -0.3 is 11.5 Å². The van der Waals surface area contributed by atoms with Crippen LogP contribution in [0.2, 0.25) is 0 Å². The van der Waals surface area contributed by atoms with Gasteiger partial charge in [0.05, 0.1) is 28.1 Å². The lowest BCUT2D eigenvalue weighted by Gasteiger charge is -2.31. The maximum Gasteiger partial charge on any atom is 0.404 e. The van der Waals surface area contributed by atoms with Crippen molar-refractivity contribution in [3.63, 3.8) is 0 Å². The quantitative estimate of drug-likeness (QED) is 0.0870. The van der Waals surface area contributed by atoms with Crippen LogP contribution in [0.5, 0.6) is 0 Å². The van der Waals surface area contributed by atoms with E-state index in [1.807, 2.05) is 48.5 Å². The highest BCUT2D eigenvalue weighted by molar-refractivity contribution is 7.62. The maximum atomic E-state index is 14.9. The van der Waals surface area contributed by atoms with Crippen molar-refractivity contribution in [2.45, 2.75) is 0 Å². The van der Waals surface area contributed by atoms with Crippen LogP contribution in [0, 0.1) is 0 Å². The minimum absolute atomic E-state index is 0.0654. The second-order valence-corrected chi connectivity index (χ2v) is 10.7.